The molecule has 5 rings (SSSR count). The Kier molecular flexibility index (Phi) is 4.27. The van der Waals surface area contributed by atoms with Crippen molar-refractivity contribution in [3.8, 4) is 0 Å². The lowest BCUT2D eigenvalue weighted by Gasteiger charge is -2.44. The van der Waals surface area contributed by atoms with Gasteiger partial charge >= 0.3 is 0 Å². The summed E-state index contributed by atoms with van der Waals surface area (Å²) < 4.78 is 13.3. The number of hydrogen-bond acceptors (Lipinski definition) is 5. The molecule has 3 fully saturated rings. The van der Waals surface area contributed by atoms with Gasteiger partial charge in [-0.25, -0.2) is 9.37 Å². The molecule has 5 nitrogen and oxygen atoms in total. The van der Waals surface area contributed by atoms with Crippen LogP contribution in [0.5, 0.6) is 0 Å². The number of aryl methyl sites for hydroxylation is 1. The number of fused-ring (bicyclic) bond motifs is 2. The number of hydrogen-bond donors (Lipinski definition) is 1. The van der Waals surface area contributed by atoms with E-state index in [4.69, 9.17) is 9.97 Å². The van der Waals surface area contributed by atoms with Gasteiger partial charge in [0, 0.05) is 49.8 Å². The van der Waals surface area contributed by atoms with Gasteiger partial charge in [-0.05, 0) is 50.3 Å². The van der Waals surface area contributed by atoms with Gasteiger partial charge in [-0.3, -0.25) is 0 Å². The third kappa shape index (κ3) is 3.04. The van der Waals surface area contributed by atoms with Crippen molar-refractivity contribution >= 4 is 11.8 Å². The molecule has 6 heteroatoms. The molecule has 1 aromatic heterocycles. The lowest BCUT2D eigenvalue weighted by atomic mass is 9.80. The maximum atomic E-state index is 13.3. The van der Waals surface area contributed by atoms with Crippen LogP contribution < -0.4 is 9.80 Å². The van der Waals surface area contributed by atoms with Gasteiger partial charge in [0.05, 0.1) is 5.60 Å². The van der Waals surface area contributed by atoms with Crippen molar-refractivity contribution in [1.29, 1.82) is 0 Å². The normalized spacial score (nSPS) is 29.5. The first kappa shape index (κ1) is 17.9. The topological polar surface area (TPSA) is 52.5 Å². The van der Waals surface area contributed by atoms with Crippen molar-refractivity contribution in [1.82, 2.24) is 9.97 Å². The van der Waals surface area contributed by atoms with Crippen molar-refractivity contribution in [3.05, 3.63) is 47.4 Å². The van der Waals surface area contributed by atoms with Crippen LogP contribution in [0, 0.1) is 12.7 Å². The highest BCUT2D eigenvalue weighted by molar-refractivity contribution is 5.49. The van der Waals surface area contributed by atoms with Gasteiger partial charge in [0.2, 0.25) is 5.95 Å². The van der Waals surface area contributed by atoms with E-state index in [1.165, 1.54) is 25.0 Å². The Morgan fingerprint density at radius 3 is 2.32 bits per heavy atom. The highest BCUT2D eigenvalue weighted by atomic mass is 19.1. The molecule has 28 heavy (non-hydrogen) atoms. The van der Waals surface area contributed by atoms with E-state index < -0.39 is 5.60 Å². The smallest absolute Gasteiger partial charge is 0.228 e. The molecule has 3 atom stereocenters. The van der Waals surface area contributed by atoms with E-state index in [-0.39, 0.29) is 17.9 Å². The largest absolute Gasteiger partial charge is 0.385 e. The van der Waals surface area contributed by atoms with E-state index in [1.54, 1.807) is 12.1 Å². The first-order valence-corrected chi connectivity index (χ1v) is 10.4. The molecule has 2 bridgehead atoms. The second-order valence-electron chi connectivity index (χ2n) is 8.60. The predicted octanol–water partition coefficient (Wildman–Crippen LogP) is 3.54. The number of benzene rings is 1. The Bertz CT molecular complexity index is 851. The SMILES string of the molecule is Cc1cc(N2CCCC2)nc(N2[C@@H]3CC[C@H]2CC(O)(c2ccc(F)cc2)C3)n1. The number of nitrogens with zero attached hydrogens (tertiary/aromatic N) is 4. The van der Waals surface area contributed by atoms with Crippen molar-refractivity contribution in [2.75, 3.05) is 22.9 Å². The molecule has 148 valence electrons. The molecule has 1 unspecified atom stereocenters. The van der Waals surface area contributed by atoms with Crippen LogP contribution in [0.2, 0.25) is 0 Å². The van der Waals surface area contributed by atoms with Gasteiger partial charge in [-0.1, -0.05) is 12.1 Å². The Hall–Kier alpha value is -2.21. The molecule has 0 saturated carbocycles. The van der Waals surface area contributed by atoms with Crippen molar-refractivity contribution in [2.45, 2.75) is 63.1 Å². The summed E-state index contributed by atoms with van der Waals surface area (Å²) in [6, 6.07) is 8.82. The summed E-state index contributed by atoms with van der Waals surface area (Å²) in [5.74, 6) is 1.56. The maximum Gasteiger partial charge on any atom is 0.228 e. The van der Waals surface area contributed by atoms with E-state index in [1.807, 2.05) is 6.92 Å². The zero-order valence-electron chi connectivity index (χ0n) is 16.3. The highest BCUT2D eigenvalue weighted by Crippen LogP contribution is 2.47. The Morgan fingerprint density at radius 2 is 1.68 bits per heavy atom. The molecule has 0 spiro atoms. The molecular weight excluding hydrogens is 355 g/mol. The Morgan fingerprint density at radius 1 is 1.04 bits per heavy atom. The monoisotopic (exact) mass is 382 g/mol. The fourth-order valence-electron chi connectivity index (χ4n) is 5.31. The number of aliphatic hydroxyl groups is 1. The molecule has 0 amide bonds. The number of aromatic nitrogens is 2. The van der Waals surface area contributed by atoms with Crippen molar-refractivity contribution in [2.24, 2.45) is 0 Å². The summed E-state index contributed by atoms with van der Waals surface area (Å²) in [6.45, 7) is 4.16. The van der Waals surface area contributed by atoms with Crippen molar-refractivity contribution in [3.63, 3.8) is 0 Å². The van der Waals surface area contributed by atoms with E-state index in [2.05, 4.69) is 15.9 Å². The van der Waals surface area contributed by atoms with Crippen LogP contribution in [-0.4, -0.2) is 40.2 Å². The minimum absolute atomic E-state index is 0.210. The van der Waals surface area contributed by atoms with Gasteiger partial charge in [-0.15, -0.1) is 0 Å². The maximum absolute atomic E-state index is 13.3. The van der Waals surface area contributed by atoms with Gasteiger partial charge in [0.25, 0.3) is 0 Å². The molecule has 1 aromatic carbocycles. The van der Waals surface area contributed by atoms with Crippen LogP contribution >= 0.6 is 0 Å². The fraction of sp³-hybridized carbons (Fsp3) is 0.545. The zero-order valence-corrected chi connectivity index (χ0v) is 16.3. The lowest BCUT2D eigenvalue weighted by molar-refractivity contribution is -0.00341. The summed E-state index contributed by atoms with van der Waals surface area (Å²) in [7, 11) is 0. The Balaban J connectivity index is 1.43. The molecular formula is C22H27FN4O. The molecule has 0 radical (unpaired) electrons. The van der Waals surface area contributed by atoms with Crippen LogP contribution in [0.4, 0.5) is 16.2 Å². The van der Waals surface area contributed by atoms with Gasteiger partial charge < -0.3 is 14.9 Å². The average Bonchev–Trinajstić information content (AvgIpc) is 3.29. The third-order valence-electron chi connectivity index (χ3n) is 6.64. The quantitative estimate of drug-likeness (QED) is 0.880. The zero-order chi connectivity index (χ0) is 19.3. The minimum atomic E-state index is -0.905. The molecule has 3 aliphatic rings. The summed E-state index contributed by atoms with van der Waals surface area (Å²) in [5.41, 5.74) is 0.900. The standard InChI is InChI=1S/C22H27FN4O/c1-15-12-20(26-10-2-3-11-26)25-21(24-15)27-18-8-9-19(27)14-22(28,13-18)16-4-6-17(23)7-5-16/h4-7,12,18-19,28H,2-3,8-11,13-14H2,1H3/t18-,19+,22?. The highest BCUT2D eigenvalue weighted by Gasteiger charge is 2.49. The molecule has 2 aromatic rings. The lowest BCUT2D eigenvalue weighted by Crippen LogP contribution is -2.50. The fourth-order valence-corrected chi connectivity index (χ4v) is 5.31. The van der Waals surface area contributed by atoms with Gasteiger partial charge in [0.15, 0.2) is 0 Å². The first-order chi connectivity index (χ1) is 13.5. The molecule has 0 aliphatic carbocycles. The van der Waals surface area contributed by atoms with Gasteiger partial charge in [0.1, 0.15) is 11.6 Å². The number of anilines is 2. The van der Waals surface area contributed by atoms with E-state index in [0.717, 1.165) is 49.0 Å². The van der Waals surface area contributed by atoms with E-state index in [0.29, 0.717) is 12.8 Å². The third-order valence-corrected chi connectivity index (χ3v) is 6.64. The summed E-state index contributed by atoms with van der Waals surface area (Å²) in [6.07, 6.45) is 5.77. The first-order valence-electron chi connectivity index (χ1n) is 10.4. The van der Waals surface area contributed by atoms with Crippen LogP contribution in [0.15, 0.2) is 30.3 Å². The minimum Gasteiger partial charge on any atom is -0.385 e. The second kappa shape index (κ2) is 6.69. The number of piperidine rings is 1. The number of rotatable bonds is 3. The molecule has 3 saturated heterocycles. The predicted molar refractivity (Wildman–Crippen MR) is 107 cm³/mol. The molecule has 1 N–H and O–H groups in total. The van der Waals surface area contributed by atoms with Gasteiger partial charge in [-0.2, -0.15) is 4.98 Å². The summed E-state index contributed by atoms with van der Waals surface area (Å²) in [5, 5.41) is 11.4. The summed E-state index contributed by atoms with van der Waals surface area (Å²) in [4.78, 5) is 14.4. The molecule has 3 aliphatic heterocycles. The van der Waals surface area contributed by atoms with Crippen molar-refractivity contribution < 1.29 is 9.50 Å². The van der Waals surface area contributed by atoms with Crippen LogP contribution in [0.25, 0.3) is 0 Å². The van der Waals surface area contributed by atoms with Crippen LogP contribution in [-0.2, 0) is 5.60 Å². The van der Waals surface area contributed by atoms with E-state index >= 15 is 0 Å². The van der Waals surface area contributed by atoms with E-state index in [9.17, 15) is 9.50 Å². The van der Waals surface area contributed by atoms with Crippen LogP contribution in [0.1, 0.15) is 49.8 Å². The average molecular weight is 382 g/mol. The number of halogens is 1. The molecule has 4 heterocycles. The summed E-state index contributed by atoms with van der Waals surface area (Å²) >= 11 is 0. The Labute approximate surface area is 165 Å². The second-order valence-corrected chi connectivity index (χ2v) is 8.60. The van der Waals surface area contributed by atoms with Crippen LogP contribution in [0.3, 0.4) is 0 Å².